The van der Waals surface area contributed by atoms with E-state index in [1.807, 2.05) is 25.3 Å². The second kappa shape index (κ2) is 5.17. The van der Waals surface area contributed by atoms with Crippen LogP contribution in [0.15, 0.2) is 16.2 Å². The Labute approximate surface area is 109 Å². The summed E-state index contributed by atoms with van der Waals surface area (Å²) in [5, 5.41) is 14.4. The Bertz CT molecular complexity index is 586. The molecule has 1 atom stereocenters. The third-order valence-electron chi connectivity index (χ3n) is 3.18. The van der Waals surface area contributed by atoms with E-state index in [0.717, 1.165) is 11.9 Å². The van der Waals surface area contributed by atoms with E-state index in [9.17, 15) is 9.90 Å². The highest BCUT2D eigenvalue weighted by Gasteiger charge is 2.20. The molecular formula is C12H17N3O2S. The number of hydrogen-bond donors (Lipinski definition) is 3. The van der Waals surface area contributed by atoms with Gasteiger partial charge >= 0.3 is 0 Å². The van der Waals surface area contributed by atoms with Gasteiger partial charge in [-0.3, -0.25) is 4.79 Å². The summed E-state index contributed by atoms with van der Waals surface area (Å²) in [6.07, 6.45) is 0.800. The van der Waals surface area contributed by atoms with Gasteiger partial charge in [0, 0.05) is 5.54 Å². The molecule has 0 saturated heterocycles. The minimum absolute atomic E-state index is 0.0500. The number of hydrogen-bond acceptors (Lipinski definition) is 5. The van der Waals surface area contributed by atoms with Gasteiger partial charge in [0.1, 0.15) is 10.5 Å². The fourth-order valence-corrected chi connectivity index (χ4v) is 2.32. The Morgan fingerprint density at radius 2 is 2.39 bits per heavy atom. The van der Waals surface area contributed by atoms with Crippen LogP contribution in [0.1, 0.15) is 26.1 Å². The van der Waals surface area contributed by atoms with Gasteiger partial charge in [0.25, 0.3) is 5.56 Å². The Kier molecular flexibility index (Phi) is 3.79. The van der Waals surface area contributed by atoms with E-state index < -0.39 is 0 Å². The van der Waals surface area contributed by atoms with E-state index in [0.29, 0.717) is 17.1 Å². The second-order valence-electron chi connectivity index (χ2n) is 4.57. The lowest BCUT2D eigenvalue weighted by atomic mass is 10.0. The second-order valence-corrected chi connectivity index (χ2v) is 5.49. The number of aromatic nitrogens is 2. The maximum absolute atomic E-state index is 11.8. The van der Waals surface area contributed by atoms with Gasteiger partial charge in [0.05, 0.1) is 18.7 Å². The minimum Gasteiger partial charge on any atom is -0.394 e. The molecule has 98 valence electrons. The number of nitrogens with zero attached hydrogens (tertiary/aromatic N) is 1. The van der Waals surface area contributed by atoms with Crippen LogP contribution in [0, 0.1) is 0 Å². The average Bonchev–Trinajstić information content (AvgIpc) is 2.85. The lowest BCUT2D eigenvalue weighted by Crippen LogP contribution is -2.45. The molecule has 6 heteroatoms. The Hall–Kier alpha value is -1.24. The third-order valence-corrected chi connectivity index (χ3v) is 4.08. The Morgan fingerprint density at radius 3 is 3.06 bits per heavy atom. The zero-order valence-corrected chi connectivity index (χ0v) is 11.3. The highest BCUT2D eigenvalue weighted by molar-refractivity contribution is 7.17. The van der Waals surface area contributed by atoms with Gasteiger partial charge in [0.2, 0.25) is 0 Å². The van der Waals surface area contributed by atoms with Gasteiger partial charge in [-0.25, -0.2) is 4.98 Å². The van der Waals surface area contributed by atoms with Crippen molar-refractivity contribution >= 4 is 21.6 Å². The predicted molar refractivity (Wildman–Crippen MR) is 72.9 cm³/mol. The number of H-pyrrole nitrogens is 1. The monoisotopic (exact) mass is 267 g/mol. The summed E-state index contributed by atoms with van der Waals surface area (Å²) < 4.78 is 0.652. The molecule has 2 heterocycles. The molecule has 0 radical (unpaired) electrons. The van der Waals surface area contributed by atoms with Gasteiger partial charge in [-0.15, -0.1) is 11.3 Å². The smallest absolute Gasteiger partial charge is 0.268 e. The summed E-state index contributed by atoms with van der Waals surface area (Å²) in [5.74, 6) is 0.596. The number of nitrogens with one attached hydrogen (secondary N) is 2. The topological polar surface area (TPSA) is 78.0 Å². The van der Waals surface area contributed by atoms with Crippen LogP contribution in [-0.2, 0) is 6.54 Å². The van der Waals surface area contributed by atoms with E-state index >= 15 is 0 Å². The normalized spacial score (nSPS) is 14.8. The van der Waals surface area contributed by atoms with Gasteiger partial charge in [-0.1, -0.05) is 6.92 Å². The summed E-state index contributed by atoms with van der Waals surface area (Å²) in [4.78, 5) is 18.9. The standard InChI is InChI=1S/C12H17N3O2S/c1-3-12(2,7-16)13-6-9-14-8-4-5-18-10(8)11(17)15-9/h4-5,13,16H,3,6-7H2,1-2H3,(H,14,15,17). The molecule has 2 rings (SSSR count). The zero-order chi connectivity index (χ0) is 13.2. The predicted octanol–water partition coefficient (Wildman–Crippen LogP) is 1.24. The van der Waals surface area contributed by atoms with Crippen LogP contribution < -0.4 is 10.9 Å². The van der Waals surface area contributed by atoms with Crippen LogP contribution in [0.2, 0.25) is 0 Å². The maximum atomic E-state index is 11.8. The highest BCUT2D eigenvalue weighted by Crippen LogP contribution is 2.14. The van der Waals surface area contributed by atoms with Crippen LogP contribution in [0.4, 0.5) is 0 Å². The molecule has 1 unspecified atom stereocenters. The van der Waals surface area contributed by atoms with Gasteiger partial charge < -0.3 is 15.4 Å². The first-order chi connectivity index (χ1) is 8.58. The molecule has 18 heavy (non-hydrogen) atoms. The van der Waals surface area contributed by atoms with E-state index in [2.05, 4.69) is 15.3 Å². The molecule has 3 N–H and O–H groups in total. The van der Waals surface area contributed by atoms with Gasteiger partial charge in [-0.2, -0.15) is 0 Å². The lowest BCUT2D eigenvalue weighted by Gasteiger charge is -2.26. The fourth-order valence-electron chi connectivity index (χ4n) is 1.60. The van der Waals surface area contributed by atoms with Crippen LogP contribution in [0.5, 0.6) is 0 Å². The molecule has 0 amide bonds. The molecule has 0 spiro atoms. The molecular weight excluding hydrogens is 250 g/mol. The van der Waals surface area contributed by atoms with Gasteiger partial charge in [-0.05, 0) is 24.8 Å². The SMILES string of the molecule is CCC(C)(CO)NCc1nc2ccsc2c(=O)[nH]1. The van der Waals surface area contributed by atoms with E-state index in [4.69, 9.17) is 0 Å². The zero-order valence-electron chi connectivity index (χ0n) is 10.5. The summed E-state index contributed by atoms with van der Waals surface area (Å²) in [5.41, 5.74) is 0.277. The third kappa shape index (κ3) is 2.60. The van der Waals surface area contributed by atoms with Crippen molar-refractivity contribution in [2.45, 2.75) is 32.4 Å². The van der Waals surface area contributed by atoms with Crippen molar-refractivity contribution < 1.29 is 5.11 Å². The number of aliphatic hydroxyl groups is 1. The number of thiophene rings is 1. The highest BCUT2D eigenvalue weighted by atomic mass is 32.1. The van der Waals surface area contributed by atoms with E-state index in [1.165, 1.54) is 11.3 Å². The molecule has 5 nitrogen and oxygen atoms in total. The number of aromatic amines is 1. The van der Waals surface area contributed by atoms with Crippen LogP contribution in [-0.4, -0.2) is 27.2 Å². The molecule has 0 fully saturated rings. The van der Waals surface area contributed by atoms with Crippen molar-refractivity contribution in [2.24, 2.45) is 0 Å². The van der Waals surface area contributed by atoms with Crippen molar-refractivity contribution in [3.05, 3.63) is 27.6 Å². The number of fused-ring (bicyclic) bond motifs is 1. The van der Waals surface area contributed by atoms with Crippen LogP contribution in [0.3, 0.4) is 0 Å². The van der Waals surface area contributed by atoms with Crippen molar-refractivity contribution in [3.63, 3.8) is 0 Å². The van der Waals surface area contributed by atoms with Gasteiger partial charge in [0.15, 0.2) is 0 Å². The molecule has 0 aromatic carbocycles. The first kappa shape index (κ1) is 13.2. The largest absolute Gasteiger partial charge is 0.394 e. The fraction of sp³-hybridized carbons (Fsp3) is 0.500. The number of rotatable bonds is 5. The van der Waals surface area contributed by atoms with Crippen LogP contribution >= 0.6 is 11.3 Å². The Morgan fingerprint density at radius 1 is 1.61 bits per heavy atom. The van der Waals surface area contributed by atoms with Crippen molar-refractivity contribution in [1.29, 1.82) is 0 Å². The summed E-state index contributed by atoms with van der Waals surface area (Å²) in [7, 11) is 0. The first-order valence-corrected chi connectivity index (χ1v) is 6.78. The Balaban J connectivity index is 2.20. The molecule has 0 saturated carbocycles. The summed E-state index contributed by atoms with van der Waals surface area (Å²) in [6, 6.07) is 1.84. The molecule has 0 aliphatic carbocycles. The molecule has 2 aromatic heterocycles. The van der Waals surface area contributed by atoms with Crippen molar-refractivity contribution in [2.75, 3.05) is 6.61 Å². The van der Waals surface area contributed by atoms with E-state index in [1.54, 1.807) is 0 Å². The molecule has 2 aromatic rings. The summed E-state index contributed by atoms with van der Waals surface area (Å²) in [6.45, 7) is 4.43. The van der Waals surface area contributed by atoms with E-state index in [-0.39, 0.29) is 17.7 Å². The average molecular weight is 267 g/mol. The maximum Gasteiger partial charge on any atom is 0.268 e. The molecule has 0 bridgehead atoms. The first-order valence-electron chi connectivity index (χ1n) is 5.90. The molecule has 0 aliphatic heterocycles. The lowest BCUT2D eigenvalue weighted by molar-refractivity contribution is 0.168. The minimum atomic E-state index is -0.345. The summed E-state index contributed by atoms with van der Waals surface area (Å²) >= 11 is 1.39. The van der Waals surface area contributed by atoms with Crippen molar-refractivity contribution in [1.82, 2.24) is 15.3 Å². The number of aliphatic hydroxyl groups excluding tert-OH is 1. The molecule has 0 aliphatic rings. The quantitative estimate of drug-likeness (QED) is 0.761. The van der Waals surface area contributed by atoms with Crippen molar-refractivity contribution in [3.8, 4) is 0 Å². The van der Waals surface area contributed by atoms with Crippen LogP contribution in [0.25, 0.3) is 10.2 Å².